The highest BCUT2D eigenvalue weighted by atomic mass is 35.5. The van der Waals surface area contributed by atoms with E-state index < -0.39 is 0 Å². The van der Waals surface area contributed by atoms with E-state index in [0.29, 0.717) is 38.9 Å². The Kier molecular flexibility index (Phi) is 11.3. The minimum atomic E-state index is 0.0138. The highest BCUT2D eigenvalue weighted by Gasteiger charge is 2.18. The van der Waals surface area contributed by atoms with Crippen LogP contribution in [0.5, 0.6) is 0 Å². The molecule has 0 spiro atoms. The lowest BCUT2D eigenvalue weighted by Gasteiger charge is -2.27. The van der Waals surface area contributed by atoms with Crippen LogP contribution in [0.1, 0.15) is 20.3 Å². The van der Waals surface area contributed by atoms with E-state index >= 15 is 0 Å². The van der Waals surface area contributed by atoms with Gasteiger partial charge in [0.05, 0.1) is 33.0 Å². The Hall–Kier alpha value is 0.130. The molecule has 0 fully saturated rings. The lowest BCUT2D eigenvalue weighted by Crippen LogP contribution is -2.45. The second kappa shape index (κ2) is 11.2. The number of nitrogens with one attached hydrogen (secondary N) is 1. The van der Waals surface area contributed by atoms with Gasteiger partial charge in [0.2, 0.25) is 0 Å². The first kappa shape index (κ1) is 17.1. The van der Waals surface area contributed by atoms with Crippen molar-refractivity contribution in [3.8, 4) is 0 Å². The molecule has 1 atom stereocenters. The maximum absolute atomic E-state index is 5.88. The van der Waals surface area contributed by atoms with Gasteiger partial charge in [-0.3, -0.25) is 0 Å². The van der Waals surface area contributed by atoms with Gasteiger partial charge in [-0.1, -0.05) is 6.92 Å². The zero-order valence-electron chi connectivity index (χ0n) is 11.3. The lowest BCUT2D eigenvalue weighted by atomic mass is 10.0. The monoisotopic (exact) mass is 267 g/mol. The maximum atomic E-state index is 5.88. The van der Waals surface area contributed by atoms with Crippen molar-refractivity contribution in [3.63, 3.8) is 0 Å². The van der Waals surface area contributed by atoms with Crippen LogP contribution in [0.25, 0.3) is 0 Å². The Bertz CT molecular complexity index is 166. The number of ether oxygens (including phenoxy) is 3. The number of hydrogen-bond donors (Lipinski definition) is 1. The van der Waals surface area contributed by atoms with E-state index in [4.69, 9.17) is 25.8 Å². The van der Waals surface area contributed by atoms with E-state index in [1.165, 1.54) is 0 Å². The number of halogens is 1. The molecule has 0 aliphatic heterocycles. The molecular weight excluding hydrogens is 242 g/mol. The van der Waals surface area contributed by atoms with Crippen LogP contribution in [0, 0.1) is 0 Å². The average molecular weight is 268 g/mol. The van der Waals surface area contributed by atoms with Crippen molar-refractivity contribution in [1.29, 1.82) is 0 Å². The largest absolute Gasteiger partial charge is 0.382 e. The second-order valence-corrected chi connectivity index (χ2v) is 4.46. The van der Waals surface area contributed by atoms with Crippen molar-refractivity contribution in [2.75, 3.05) is 52.6 Å². The van der Waals surface area contributed by atoms with Crippen molar-refractivity contribution in [1.82, 2.24) is 5.32 Å². The van der Waals surface area contributed by atoms with E-state index in [-0.39, 0.29) is 5.54 Å². The fourth-order valence-corrected chi connectivity index (χ4v) is 1.44. The highest BCUT2D eigenvalue weighted by molar-refractivity contribution is 6.18. The molecule has 104 valence electrons. The minimum absolute atomic E-state index is 0.0138. The summed E-state index contributed by atoms with van der Waals surface area (Å²) in [5.41, 5.74) is 0.0138. The van der Waals surface area contributed by atoms with Crippen LogP contribution in [-0.2, 0) is 14.2 Å². The second-order valence-electron chi connectivity index (χ2n) is 4.19. The topological polar surface area (TPSA) is 39.7 Å². The van der Waals surface area contributed by atoms with Gasteiger partial charge in [-0.2, -0.15) is 0 Å². The first-order chi connectivity index (χ1) is 8.18. The maximum Gasteiger partial charge on any atom is 0.0701 e. The molecule has 0 aliphatic carbocycles. The molecule has 0 heterocycles. The summed E-state index contributed by atoms with van der Waals surface area (Å²) in [5.74, 6) is 0.615. The minimum Gasteiger partial charge on any atom is -0.382 e. The Balaban J connectivity index is 3.23. The zero-order chi connectivity index (χ0) is 13.0. The number of alkyl halides is 1. The molecular formula is C12H26ClNO3. The first-order valence-electron chi connectivity index (χ1n) is 6.14. The van der Waals surface area contributed by atoms with Gasteiger partial charge < -0.3 is 19.5 Å². The molecule has 0 aromatic carbocycles. The molecule has 1 N–H and O–H groups in total. The molecule has 4 nitrogen and oxygen atoms in total. The average Bonchev–Trinajstić information content (AvgIpc) is 2.36. The number of rotatable bonds is 12. The van der Waals surface area contributed by atoms with E-state index in [1.807, 2.05) is 0 Å². The first-order valence-corrected chi connectivity index (χ1v) is 6.67. The van der Waals surface area contributed by atoms with Gasteiger partial charge in [0, 0.05) is 25.1 Å². The van der Waals surface area contributed by atoms with Crippen LogP contribution in [0.15, 0.2) is 0 Å². The third kappa shape index (κ3) is 9.80. The van der Waals surface area contributed by atoms with Crippen LogP contribution in [-0.4, -0.2) is 58.1 Å². The normalized spacial score (nSPS) is 14.8. The molecule has 0 aromatic rings. The summed E-state index contributed by atoms with van der Waals surface area (Å²) in [4.78, 5) is 0. The molecule has 0 rings (SSSR count). The smallest absolute Gasteiger partial charge is 0.0701 e. The zero-order valence-corrected chi connectivity index (χ0v) is 12.0. The summed E-state index contributed by atoms with van der Waals surface area (Å²) >= 11 is 5.88. The van der Waals surface area contributed by atoms with Crippen molar-refractivity contribution >= 4 is 11.6 Å². The van der Waals surface area contributed by atoms with Crippen molar-refractivity contribution in [3.05, 3.63) is 0 Å². The van der Waals surface area contributed by atoms with E-state index in [9.17, 15) is 0 Å². The van der Waals surface area contributed by atoms with Gasteiger partial charge in [-0.15, -0.1) is 11.6 Å². The van der Waals surface area contributed by atoms with Crippen molar-refractivity contribution in [2.24, 2.45) is 0 Å². The van der Waals surface area contributed by atoms with Crippen molar-refractivity contribution in [2.45, 2.75) is 25.8 Å². The van der Waals surface area contributed by atoms with E-state index in [2.05, 4.69) is 19.2 Å². The highest BCUT2D eigenvalue weighted by Crippen LogP contribution is 2.10. The van der Waals surface area contributed by atoms with E-state index in [1.54, 1.807) is 7.11 Å². The standard InChI is InChI=1S/C12H26ClNO3/c1-4-12(2,11-13)14-5-6-16-9-10-17-8-7-15-3/h14H,4-11H2,1-3H3. The molecule has 0 saturated carbocycles. The molecule has 17 heavy (non-hydrogen) atoms. The Labute approximate surface area is 110 Å². The molecule has 1 unspecified atom stereocenters. The van der Waals surface area contributed by atoms with Gasteiger partial charge in [-0.05, 0) is 13.3 Å². The Morgan fingerprint density at radius 1 is 1.06 bits per heavy atom. The molecule has 0 aromatic heterocycles. The molecule has 0 aliphatic rings. The van der Waals surface area contributed by atoms with Gasteiger partial charge >= 0.3 is 0 Å². The summed E-state index contributed by atoms with van der Waals surface area (Å²) in [5, 5.41) is 3.39. The number of methoxy groups -OCH3 is 1. The van der Waals surface area contributed by atoms with E-state index in [0.717, 1.165) is 13.0 Å². The van der Waals surface area contributed by atoms with Crippen LogP contribution < -0.4 is 5.32 Å². The van der Waals surface area contributed by atoms with Gasteiger partial charge in [-0.25, -0.2) is 0 Å². The lowest BCUT2D eigenvalue weighted by molar-refractivity contribution is 0.0246. The molecule has 0 amide bonds. The summed E-state index contributed by atoms with van der Waals surface area (Å²) in [6, 6.07) is 0. The quantitative estimate of drug-likeness (QED) is 0.431. The Morgan fingerprint density at radius 2 is 1.65 bits per heavy atom. The molecule has 0 saturated heterocycles. The summed E-state index contributed by atoms with van der Waals surface area (Å²) in [7, 11) is 1.66. The summed E-state index contributed by atoms with van der Waals surface area (Å²) in [6.07, 6.45) is 1.01. The summed E-state index contributed by atoms with van der Waals surface area (Å²) < 4.78 is 15.6. The van der Waals surface area contributed by atoms with Crippen LogP contribution in [0.3, 0.4) is 0 Å². The fraction of sp³-hybridized carbons (Fsp3) is 1.00. The molecule has 0 radical (unpaired) electrons. The van der Waals surface area contributed by atoms with Crippen LogP contribution >= 0.6 is 11.6 Å². The molecule has 5 heteroatoms. The third-order valence-electron chi connectivity index (χ3n) is 2.68. The predicted molar refractivity (Wildman–Crippen MR) is 70.9 cm³/mol. The third-order valence-corrected chi connectivity index (χ3v) is 3.27. The van der Waals surface area contributed by atoms with Crippen LogP contribution in [0.2, 0.25) is 0 Å². The van der Waals surface area contributed by atoms with Gasteiger partial charge in [0.15, 0.2) is 0 Å². The fourth-order valence-electron chi connectivity index (χ4n) is 1.16. The van der Waals surface area contributed by atoms with Crippen LogP contribution in [0.4, 0.5) is 0 Å². The SMILES string of the molecule is CCC(C)(CCl)NCCOCCOCCOC. The number of hydrogen-bond acceptors (Lipinski definition) is 4. The molecule has 0 bridgehead atoms. The van der Waals surface area contributed by atoms with Gasteiger partial charge in [0.1, 0.15) is 0 Å². The Morgan fingerprint density at radius 3 is 2.18 bits per heavy atom. The van der Waals surface area contributed by atoms with Crippen molar-refractivity contribution < 1.29 is 14.2 Å². The van der Waals surface area contributed by atoms with Gasteiger partial charge in [0.25, 0.3) is 0 Å². The summed E-state index contributed by atoms with van der Waals surface area (Å²) in [6.45, 7) is 8.23. The predicted octanol–water partition coefficient (Wildman–Crippen LogP) is 1.66.